The van der Waals surface area contributed by atoms with Gasteiger partial charge in [-0.3, -0.25) is 4.79 Å². The summed E-state index contributed by atoms with van der Waals surface area (Å²) in [6.07, 6.45) is 2.93. The van der Waals surface area contributed by atoms with Crippen LogP contribution in [0, 0.1) is 0 Å². The number of benzene rings is 1. The fourth-order valence-corrected chi connectivity index (χ4v) is 1.09. The number of carbonyl (C=O) groups excluding carboxylic acids is 1. The highest BCUT2D eigenvalue weighted by Gasteiger charge is 2.00. The number of hydrogen-bond acceptors (Lipinski definition) is 4. The van der Waals surface area contributed by atoms with Gasteiger partial charge in [0, 0.05) is 5.56 Å². The van der Waals surface area contributed by atoms with Crippen LogP contribution in [0.25, 0.3) is 6.08 Å². The first kappa shape index (κ1) is 9.26. The third kappa shape index (κ3) is 2.34. The second-order valence-electron chi connectivity index (χ2n) is 2.83. The molecule has 1 heterocycles. The summed E-state index contributed by atoms with van der Waals surface area (Å²) in [5, 5.41) is 13.1. The predicted octanol–water partition coefficient (Wildman–Crippen LogP) is 1.10. The van der Waals surface area contributed by atoms with Crippen LogP contribution >= 0.6 is 0 Å². The Balaban J connectivity index is 2.11. The van der Waals surface area contributed by atoms with Crippen molar-refractivity contribution in [1.29, 1.82) is 0 Å². The Morgan fingerprint density at radius 1 is 1.27 bits per heavy atom. The number of ketones is 1. The number of hydrogen-bond donors (Lipinski definition) is 1. The van der Waals surface area contributed by atoms with Crippen LogP contribution in [0.4, 0.5) is 0 Å². The molecule has 0 unspecified atom stereocenters. The molecule has 2 rings (SSSR count). The molecular weight excluding hydrogens is 192 g/mol. The van der Waals surface area contributed by atoms with E-state index in [2.05, 4.69) is 20.6 Å². The summed E-state index contributed by atoms with van der Waals surface area (Å²) in [7, 11) is 0. The second-order valence-corrected chi connectivity index (χ2v) is 2.83. The predicted molar refractivity (Wildman–Crippen MR) is 54.0 cm³/mol. The molecule has 0 fully saturated rings. The second kappa shape index (κ2) is 4.28. The number of nitrogens with zero attached hydrogens (tertiary/aromatic N) is 3. The Kier molecular flexibility index (Phi) is 2.64. The van der Waals surface area contributed by atoms with Crippen molar-refractivity contribution >= 4 is 11.9 Å². The van der Waals surface area contributed by atoms with E-state index >= 15 is 0 Å². The molecule has 0 radical (unpaired) electrons. The van der Waals surface area contributed by atoms with E-state index in [1.807, 2.05) is 18.2 Å². The molecule has 5 nitrogen and oxygen atoms in total. The minimum absolute atomic E-state index is 0.0830. The lowest BCUT2D eigenvalue weighted by atomic mass is 10.1. The average molecular weight is 200 g/mol. The summed E-state index contributed by atoms with van der Waals surface area (Å²) in [5.74, 6) is 0.305. The van der Waals surface area contributed by atoms with Crippen molar-refractivity contribution < 1.29 is 4.79 Å². The van der Waals surface area contributed by atoms with Gasteiger partial charge in [0.2, 0.25) is 0 Å². The quantitative estimate of drug-likeness (QED) is 0.594. The fourth-order valence-electron chi connectivity index (χ4n) is 1.09. The van der Waals surface area contributed by atoms with Crippen molar-refractivity contribution in [3.8, 4) is 0 Å². The van der Waals surface area contributed by atoms with E-state index in [1.54, 1.807) is 12.1 Å². The minimum atomic E-state index is -0.0830. The SMILES string of the molecule is O=C(C=Cc1nn[nH]n1)c1ccccc1. The van der Waals surface area contributed by atoms with Crippen molar-refractivity contribution in [2.24, 2.45) is 0 Å². The van der Waals surface area contributed by atoms with Gasteiger partial charge in [0.1, 0.15) is 0 Å². The van der Waals surface area contributed by atoms with Crippen LogP contribution in [0.2, 0.25) is 0 Å². The number of nitrogens with one attached hydrogen (secondary N) is 1. The molecule has 1 aromatic heterocycles. The molecule has 74 valence electrons. The Morgan fingerprint density at radius 2 is 2.07 bits per heavy atom. The number of aromatic nitrogens is 4. The first-order chi connectivity index (χ1) is 7.36. The van der Waals surface area contributed by atoms with E-state index in [4.69, 9.17) is 0 Å². The summed E-state index contributed by atoms with van der Waals surface area (Å²) < 4.78 is 0. The van der Waals surface area contributed by atoms with Gasteiger partial charge in [-0.15, -0.1) is 10.2 Å². The first-order valence-corrected chi connectivity index (χ1v) is 4.37. The maximum Gasteiger partial charge on any atom is 0.197 e. The van der Waals surface area contributed by atoms with Crippen LogP contribution in [0.15, 0.2) is 36.4 Å². The lowest BCUT2D eigenvalue weighted by molar-refractivity contribution is 0.104. The highest BCUT2D eigenvalue weighted by molar-refractivity contribution is 6.06. The van der Waals surface area contributed by atoms with Crippen LogP contribution in [0.1, 0.15) is 16.2 Å². The molecule has 0 amide bonds. The summed E-state index contributed by atoms with van der Waals surface area (Å²) >= 11 is 0. The Morgan fingerprint density at radius 3 is 2.73 bits per heavy atom. The molecule has 0 aliphatic carbocycles. The van der Waals surface area contributed by atoms with Gasteiger partial charge in [0.15, 0.2) is 11.6 Å². The molecular formula is C10H8N4O. The lowest BCUT2D eigenvalue weighted by Crippen LogP contribution is -1.92. The van der Waals surface area contributed by atoms with E-state index in [0.717, 1.165) is 0 Å². The van der Waals surface area contributed by atoms with Crippen molar-refractivity contribution in [3.05, 3.63) is 47.8 Å². The summed E-state index contributed by atoms with van der Waals surface area (Å²) in [5.41, 5.74) is 0.636. The summed E-state index contributed by atoms with van der Waals surface area (Å²) in [6.45, 7) is 0. The molecule has 0 aliphatic rings. The first-order valence-electron chi connectivity index (χ1n) is 4.37. The number of tetrazole rings is 1. The normalized spacial score (nSPS) is 10.7. The Hall–Kier alpha value is -2.30. The van der Waals surface area contributed by atoms with E-state index < -0.39 is 0 Å². The maximum atomic E-state index is 11.6. The lowest BCUT2D eigenvalue weighted by Gasteiger charge is -1.92. The molecule has 2 aromatic rings. The zero-order chi connectivity index (χ0) is 10.5. The molecule has 0 spiro atoms. The topological polar surface area (TPSA) is 71.5 Å². The van der Waals surface area contributed by atoms with Crippen LogP contribution in [0.3, 0.4) is 0 Å². The number of aromatic amines is 1. The van der Waals surface area contributed by atoms with Crippen LogP contribution in [-0.4, -0.2) is 26.4 Å². The zero-order valence-corrected chi connectivity index (χ0v) is 7.79. The molecule has 0 bridgehead atoms. The summed E-state index contributed by atoms with van der Waals surface area (Å²) in [6, 6.07) is 9.00. The Bertz CT molecular complexity index is 461. The zero-order valence-electron chi connectivity index (χ0n) is 7.79. The number of carbonyl (C=O) groups is 1. The van der Waals surface area contributed by atoms with Crippen molar-refractivity contribution in [2.75, 3.05) is 0 Å². The number of H-pyrrole nitrogens is 1. The smallest absolute Gasteiger partial charge is 0.197 e. The van der Waals surface area contributed by atoms with Gasteiger partial charge in [-0.05, 0) is 17.4 Å². The van der Waals surface area contributed by atoms with Gasteiger partial charge < -0.3 is 0 Å². The molecule has 1 N–H and O–H groups in total. The van der Waals surface area contributed by atoms with E-state index in [0.29, 0.717) is 11.4 Å². The molecule has 1 aromatic carbocycles. The van der Waals surface area contributed by atoms with E-state index in [1.165, 1.54) is 12.2 Å². The largest absolute Gasteiger partial charge is 0.289 e. The van der Waals surface area contributed by atoms with Gasteiger partial charge in [-0.25, -0.2) is 0 Å². The van der Waals surface area contributed by atoms with Crippen LogP contribution < -0.4 is 0 Å². The average Bonchev–Trinajstić information content (AvgIpc) is 2.80. The third-order valence-electron chi connectivity index (χ3n) is 1.80. The highest BCUT2D eigenvalue weighted by atomic mass is 16.1. The van der Waals surface area contributed by atoms with Gasteiger partial charge in [-0.2, -0.15) is 5.21 Å². The molecule has 0 aliphatic heterocycles. The molecule has 0 saturated heterocycles. The van der Waals surface area contributed by atoms with Crippen LogP contribution in [0.5, 0.6) is 0 Å². The summed E-state index contributed by atoms with van der Waals surface area (Å²) in [4.78, 5) is 11.6. The third-order valence-corrected chi connectivity index (χ3v) is 1.80. The van der Waals surface area contributed by atoms with Crippen LogP contribution in [-0.2, 0) is 0 Å². The standard InChI is InChI=1S/C10H8N4O/c15-9(8-4-2-1-3-5-8)6-7-10-11-13-14-12-10/h1-7H,(H,11,12,13,14). The van der Waals surface area contributed by atoms with Gasteiger partial charge in [0.25, 0.3) is 0 Å². The fraction of sp³-hybridized carbons (Fsp3) is 0. The van der Waals surface area contributed by atoms with Crippen molar-refractivity contribution in [3.63, 3.8) is 0 Å². The minimum Gasteiger partial charge on any atom is -0.289 e. The number of allylic oxidation sites excluding steroid dienone is 1. The molecule has 5 heteroatoms. The maximum absolute atomic E-state index is 11.6. The molecule has 0 saturated carbocycles. The van der Waals surface area contributed by atoms with Gasteiger partial charge in [-0.1, -0.05) is 30.3 Å². The van der Waals surface area contributed by atoms with Gasteiger partial charge in [0.05, 0.1) is 0 Å². The van der Waals surface area contributed by atoms with E-state index in [-0.39, 0.29) is 5.78 Å². The highest BCUT2D eigenvalue weighted by Crippen LogP contribution is 2.01. The van der Waals surface area contributed by atoms with Crippen molar-refractivity contribution in [1.82, 2.24) is 20.6 Å². The molecule has 15 heavy (non-hydrogen) atoms. The monoisotopic (exact) mass is 200 g/mol. The Labute approximate surface area is 85.8 Å². The van der Waals surface area contributed by atoms with E-state index in [9.17, 15) is 4.79 Å². The molecule has 0 atom stereocenters. The number of rotatable bonds is 3. The van der Waals surface area contributed by atoms with Gasteiger partial charge >= 0.3 is 0 Å². The van der Waals surface area contributed by atoms with Crippen molar-refractivity contribution in [2.45, 2.75) is 0 Å².